The molecule has 1 N–H and O–H groups in total. The van der Waals surface area contributed by atoms with Crippen LogP contribution in [0.25, 0.3) is 0 Å². The Hall–Kier alpha value is -2.27. The van der Waals surface area contributed by atoms with Gasteiger partial charge in [-0.1, -0.05) is 23.7 Å². The van der Waals surface area contributed by atoms with Crippen molar-refractivity contribution in [2.45, 2.75) is 19.4 Å². The van der Waals surface area contributed by atoms with Crippen LogP contribution in [0.4, 0.5) is 0 Å². The minimum absolute atomic E-state index is 0.0126. The van der Waals surface area contributed by atoms with Gasteiger partial charge in [-0.15, -0.1) is 0 Å². The fraction of sp³-hybridized carbons (Fsp3) is 0.333. The molecule has 24 heavy (non-hydrogen) atoms. The van der Waals surface area contributed by atoms with E-state index >= 15 is 0 Å². The van der Waals surface area contributed by atoms with Crippen LogP contribution >= 0.6 is 11.6 Å². The zero-order chi connectivity index (χ0) is 16.9. The first kappa shape index (κ1) is 16.6. The third kappa shape index (κ3) is 4.17. The van der Waals surface area contributed by atoms with Crippen molar-refractivity contribution < 1.29 is 14.0 Å². The van der Waals surface area contributed by atoms with Crippen molar-refractivity contribution in [3.63, 3.8) is 0 Å². The van der Waals surface area contributed by atoms with Crippen LogP contribution in [0.1, 0.15) is 17.7 Å². The number of hydrogen-bond donors (Lipinski definition) is 1. The molecule has 3 rings (SSSR count). The van der Waals surface area contributed by atoms with Gasteiger partial charge in [0.25, 0.3) is 0 Å². The molecule has 5 nitrogen and oxygen atoms in total. The molecule has 0 aliphatic carbocycles. The topological polar surface area (TPSA) is 62.6 Å². The fourth-order valence-electron chi connectivity index (χ4n) is 2.86. The quantitative estimate of drug-likeness (QED) is 0.874. The molecule has 126 valence electrons. The molecular weight excluding hydrogens is 328 g/mol. The van der Waals surface area contributed by atoms with Crippen LogP contribution in [0.15, 0.2) is 47.1 Å². The molecule has 1 aromatic heterocycles. The highest BCUT2D eigenvalue weighted by atomic mass is 35.5. The number of amides is 2. The second-order valence-corrected chi connectivity index (χ2v) is 6.36. The Morgan fingerprint density at radius 3 is 2.96 bits per heavy atom. The highest BCUT2D eigenvalue weighted by molar-refractivity contribution is 6.30. The second kappa shape index (κ2) is 7.53. The van der Waals surface area contributed by atoms with E-state index in [2.05, 4.69) is 5.32 Å². The van der Waals surface area contributed by atoms with E-state index in [1.54, 1.807) is 17.2 Å². The summed E-state index contributed by atoms with van der Waals surface area (Å²) < 4.78 is 5.26. The van der Waals surface area contributed by atoms with Gasteiger partial charge in [-0.3, -0.25) is 9.59 Å². The average Bonchev–Trinajstić information content (AvgIpc) is 3.18. The summed E-state index contributed by atoms with van der Waals surface area (Å²) in [5.74, 6) is 0.339. The first-order valence-electron chi connectivity index (χ1n) is 7.94. The van der Waals surface area contributed by atoms with E-state index in [9.17, 15) is 9.59 Å². The van der Waals surface area contributed by atoms with Crippen molar-refractivity contribution in [1.82, 2.24) is 10.2 Å². The van der Waals surface area contributed by atoms with Crippen LogP contribution in [-0.4, -0.2) is 29.8 Å². The second-order valence-electron chi connectivity index (χ2n) is 5.93. The van der Waals surface area contributed by atoms with Gasteiger partial charge in [0.15, 0.2) is 0 Å². The summed E-state index contributed by atoms with van der Waals surface area (Å²) in [5.41, 5.74) is 1.07. The van der Waals surface area contributed by atoms with Crippen LogP contribution in [0.3, 0.4) is 0 Å². The van der Waals surface area contributed by atoms with E-state index < -0.39 is 0 Å². The smallest absolute Gasteiger partial charge is 0.225 e. The maximum atomic E-state index is 12.3. The van der Waals surface area contributed by atoms with E-state index in [0.717, 1.165) is 11.3 Å². The van der Waals surface area contributed by atoms with Crippen LogP contribution in [0.5, 0.6) is 0 Å². The maximum absolute atomic E-state index is 12.3. The molecule has 1 aromatic carbocycles. The Morgan fingerprint density at radius 1 is 1.33 bits per heavy atom. The number of rotatable bonds is 6. The largest absolute Gasteiger partial charge is 0.467 e. The van der Waals surface area contributed by atoms with E-state index in [1.165, 1.54) is 0 Å². The summed E-state index contributed by atoms with van der Waals surface area (Å²) >= 11 is 5.94. The molecular formula is C18H19ClN2O3. The normalized spacial score (nSPS) is 17.3. The van der Waals surface area contributed by atoms with Gasteiger partial charge in [-0.05, 0) is 36.2 Å². The number of likely N-dealkylation sites (tertiary alicyclic amines) is 1. The summed E-state index contributed by atoms with van der Waals surface area (Å²) in [6.07, 6.45) is 2.54. The number of halogens is 1. The van der Waals surface area contributed by atoms with Gasteiger partial charge in [0.1, 0.15) is 5.76 Å². The Morgan fingerprint density at radius 2 is 2.21 bits per heavy atom. The monoisotopic (exact) mass is 346 g/mol. The van der Waals surface area contributed by atoms with Crippen molar-refractivity contribution in [3.05, 3.63) is 59.0 Å². The predicted octanol–water partition coefficient (Wildman–Crippen LogP) is 2.64. The fourth-order valence-corrected chi connectivity index (χ4v) is 3.07. The highest BCUT2D eigenvalue weighted by Crippen LogP contribution is 2.20. The molecule has 1 fully saturated rings. The molecule has 2 heterocycles. The Bertz CT molecular complexity index is 715. The number of hydrogen-bond acceptors (Lipinski definition) is 3. The molecule has 0 radical (unpaired) electrons. The third-order valence-corrected chi connectivity index (χ3v) is 4.35. The van der Waals surface area contributed by atoms with E-state index in [-0.39, 0.29) is 24.2 Å². The lowest BCUT2D eigenvalue weighted by Crippen LogP contribution is -2.34. The number of carbonyl (C=O) groups is 2. The summed E-state index contributed by atoms with van der Waals surface area (Å²) in [7, 11) is 0. The van der Waals surface area contributed by atoms with Crippen molar-refractivity contribution in [3.8, 4) is 0 Å². The number of carbonyl (C=O) groups excluding carboxylic acids is 2. The zero-order valence-electron chi connectivity index (χ0n) is 13.2. The number of nitrogens with zero attached hydrogens (tertiary/aromatic N) is 1. The lowest BCUT2D eigenvalue weighted by molar-refractivity contribution is -0.129. The summed E-state index contributed by atoms with van der Waals surface area (Å²) in [4.78, 5) is 26.0. The predicted molar refractivity (Wildman–Crippen MR) is 90.4 cm³/mol. The minimum atomic E-state index is -0.299. The van der Waals surface area contributed by atoms with Crippen LogP contribution in [-0.2, 0) is 22.6 Å². The maximum Gasteiger partial charge on any atom is 0.225 e. The summed E-state index contributed by atoms with van der Waals surface area (Å²) in [6.45, 7) is 1.38. The van der Waals surface area contributed by atoms with Crippen LogP contribution < -0.4 is 5.32 Å². The Labute approximate surface area is 145 Å². The zero-order valence-corrected chi connectivity index (χ0v) is 14.0. The molecule has 6 heteroatoms. The molecule has 1 atom stereocenters. The van der Waals surface area contributed by atoms with E-state index in [1.807, 2.05) is 30.3 Å². The van der Waals surface area contributed by atoms with Crippen LogP contribution in [0.2, 0.25) is 5.02 Å². The molecule has 2 aromatic rings. The molecule has 1 saturated heterocycles. The minimum Gasteiger partial charge on any atom is -0.467 e. The first-order valence-corrected chi connectivity index (χ1v) is 8.32. The van der Waals surface area contributed by atoms with Gasteiger partial charge in [-0.2, -0.15) is 0 Å². The van der Waals surface area contributed by atoms with Crippen LogP contribution in [0, 0.1) is 5.92 Å². The lowest BCUT2D eigenvalue weighted by Gasteiger charge is -2.15. The summed E-state index contributed by atoms with van der Waals surface area (Å²) in [6, 6.07) is 11.2. The highest BCUT2D eigenvalue weighted by Gasteiger charge is 2.34. The third-order valence-electron chi connectivity index (χ3n) is 4.11. The Kier molecular flexibility index (Phi) is 5.20. The van der Waals surface area contributed by atoms with Gasteiger partial charge in [-0.25, -0.2) is 0 Å². The first-order chi connectivity index (χ1) is 11.6. The van der Waals surface area contributed by atoms with Gasteiger partial charge >= 0.3 is 0 Å². The van der Waals surface area contributed by atoms with Gasteiger partial charge in [0, 0.05) is 24.5 Å². The molecule has 2 amide bonds. The van der Waals surface area contributed by atoms with Crippen molar-refractivity contribution in [2.75, 3.05) is 13.1 Å². The average molecular weight is 347 g/mol. The lowest BCUT2D eigenvalue weighted by atomic mass is 10.1. The standard InChI is InChI=1S/C18H19ClN2O3/c19-15-4-1-3-13(9-15)6-7-20-18(23)14-10-17(22)21(11-14)12-16-5-2-8-24-16/h1-5,8-9,14H,6-7,10-12H2,(H,20,23). The van der Waals surface area contributed by atoms with Gasteiger partial charge in [0.05, 0.1) is 18.7 Å². The van der Waals surface area contributed by atoms with Gasteiger partial charge < -0.3 is 14.6 Å². The molecule has 0 bridgehead atoms. The SMILES string of the molecule is O=C(NCCc1cccc(Cl)c1)C1CC(=O)N(Cc2ccco2)C1. The molecule has 1 unspecified atom stereocenters. The number of benzene rings is 1. The number of nitrogens with one attached hydrogen (secondary N) is 1. The Balaban J connectivity index is 1.46. The van der Waals surface area contributed by atoms with E-state index in [4.69, 9.17) is 16.0 Å². The van der Waals surface area contributed by atoms with Gasteiger partial charge in [0.2, 0.25) is 11.8 Å². The molecule has 0 saturated carbocycles. The molecule has 0 spiro atoms. The number of furan rings is 1. The van der Waals surface area contributed by atoms with Crippen molar-refractivity contribution >= 4 is 23.4 Å². The van der Waals surface area contributed by atoms with E-state index in [0.29, 0.717) is 31.1 Å². The molecule has 1 aliphatic heterocycles. The van der Waals surface area contributed by atoms with Crippen molar-refractivity contribution in [2.24, 2.45) is 5.92 Å². The van der Waals surface area contributed by atoms with Crippen molar-refractivity contribution in [1.29, 1.82) is 0 Å². The summed E-state index contributed by atoms with van der Waals surface area (Å²) in [5, 5.41) is 3.60. The molecule has 1 aliphatic rings.